The van der Waals surface area contributed by atoms with Crippen LogP contribution in [-0.2, 0) is 8.92 Å². The number of hydrogen-bond donors (Lipinski definition) is 0. The van der Waals surface area contributed by atoms with Gasteiger partial charge in [-0.05, 0) is 43.9 Å². The summed E-state index contributed by atoms with van der Waals surface area (Å²) in [6, 6.07) is 0. The largest absolute Gasteiger partial charge is 0.352 e. The maximum Gasteiger partial charge on any atom is 0.168 e. The Morgan fingerprint density at radius 2 is 1.21 bits per heavy atom. The van der Waals surface area contributed by atoms with Crippen LogP contribution in [0.15, 0.2) is 0 Å². The second-order valence-electron chi connectivity index (χ2n) is 8.71. The minimum absolute atomic E-state index is 0.00584. The van der Waals surface area contributed by atoms with Crippen LogP contribution in [0.4, 0.5) is 0 Å². The summed E-state index contributed by atoms with van der Waals surface area (Å²) in [7, 11) is 4.57. The van der Waals surface area contributed by atoms with Crippen molar-refractivity contribution in [3.8, 4) is 0 Å². The quantitative estimate of drug-likeness (QED) is 0.101. The first-order valence-corrected chi connectivity index (χ1v) is 14.8. The summed E-state index contributed by atoms with van der Waals surface area (Å²) in [5.74, 6) is 1.18. The first-order valence-electron chi connectivity index (χ1n) is 12.3. The molecule has 0 aromatic carbocycles. The highest BCUT2D eigenvalue weighted by Crippen LogP contribution is 2.44. The molecule has 28 heavy (non-hydrogen) atoms. The molecule has 0 aromatic heterocycles. The Hall–Kier alpha value is 0.335. The van der Waals surface area contributed by atoms with Gasteiger partial charge < -0.3 is 8.92 Å². The maximum absolute atomic E-state index is 6.53. The SMILES string of the molecule is [B]CCCCCCS(C)(C)OC(CCCCCCC)OCCCCCCCC. The highest BCUT2D eigenvalue weighted by molar-refractivity contribution is 8.28. The zero-order valence-corrected chi connectivity index (χ0v) is 20.6. The molecule has 0 aromatic rings. The van der Waals surface area contributed by atoms with Gasteiger partial charge in [-0.3, -0.25) is 0 Å². The van der Waals surface area contributed by atoms with Gasteiger partial charge in [-0.25, -0.2) is 0 Å². The van der Waals surface area contributed by atoms with Crippen LogP contribution >= 0.6 is 10.3 Å². The Labute approximate surface area is 181 Å². The second kappa shape index (κ2) is 20.6. The van der Waals surface area contributed by atoms with E-state index in [4.69, 9.17) is 16.8 Å². The molecule has 0 amide bonds. The fourth-order valence-corrected chi connectivity index (χ4v) is 5.19. The molecule has 2 radical (unpaired) electrons. The Bertz CT molecular complexity index is 313. The smallest absolute Gasteiger partial charge is 0.168 e. The van der Waals surface area contributed by atoms with Gasteiger partial charge in [0.2, 0.25) is 0 Å². The summed E-state index contributed by atoms with van der Waals surface area (Å²) in [6.07, 6.45) is 25.8. The molecule has 1 atom stereocenters. The van der Waals surface area contributed by atoms with E-state index in [-0.39, 0.29) is 6.29 Å². The molecule has 2 nitrogen and oxygen atoms in total. The van der Waals surface area contributed by atoms with E-state index < -0.39 is 10.3 Å². The van der Waals surface area contributed by atoms with Gasteiger partial charge in [-0.2, -0.15) is 0 Å². The molecule has 0 aliphatic heterocycles. The zero-order valence-electron chi connectivity index (χ0n) is 19.8. The lowest BCUT2D eigenvalue weighted by atomic mass is 9.99. The summed E-state index contributed by atoms with van der Waals surface area (Å²) in [4.78, 5) is 0. The van der Waals surface area contributed by atoms with Gasteiger partial charge in [-0.15, -0.1) is 10.3 Å². The molecule has 0 spiro atoms. The Morgan fingerprint density at radius 3 is 1.86 bits per heavy atom. The average molecular weight is 415 g/mol. The van der Waals surface area contributed by atoms with E-state index in [1.165, 1.54) is 95.6 Å². The molecule has 0 aliphatic rings. The molecule has 1 unspecified atom stereocenters. The van der Waals surface area contributed by atoms with Crippen molar-refractivity contribution in [1.29, 1.82) is 0 Å². The van der Waals surface area contributed by atoms with Crippen LogP contribution in [0.5, 0.6) is 0 Å². The van der Waals surface area contributed by atoms with E-state index in [2.05, 4.69) is 26.4 Å². The number of ether oxygens (including phenoxy) is 1. The average Bonchev–Trinajstić information content (AvgIpc) is 2.66. The van der Waals surface area contributed by atoms with Gasteiger partial charge in [0.1, 0.15) is 0 Å². The van der Waals surface area contributed by atoms with Gasteiger partial charge in [0.25, 0.3) is 0 Å². The van der Waals surface area contributed by atoms with Gasteiger partial charge in [0.05, 0.1) is 7.85 Å². The molecule has 0 saturated heterocycles. The Kier molecular flexibility index (Phi) is 20.8. The van der Waals surface area contributed by atoms with E-state index in [1.807, 2.05) is 0 Å². The van der Waals surface area contributed by atoms with Crippen molar-refractivity contribution in [2.45, 2.75) is 129 Å². The van der Waals surface area contributed by atoms with Crippen molar-refractivity contribution in [1.82, 2.24) is 0 Å². The fourth-order valence-electron chi connectivity index (χ4n) is 3.46. The van der Waals surface area contributed by atoms with Gasteiger partial charge >= 0.3 is 0 Å². The van der Waals surface area contributed by atoms with Crippen molar-refractivity contribution in [3.63, 3.8) is 0 Å². The van der Waals surface area contributed by atoms with Crippen molar-refractivity contribution in [2.75, 3.05) is 24.9 Å². The summed E-state index contributed by atoms with van der Waals surface area (Å²) in [5.41, 5.74) is 0. The third-order valence-electron chi connectivity index (χ3n) is 5.30. The summed E-state index contributed by atoms with van der Waals surface area (Å²) < 4.78 is 12.8. The lowest BCUT2D eigenvalue weighted by Gasteiger charge is -2.35. The highest BCUT2D eigenvalue weighted by Gasteiger charge is 2.19. The highest BCUT2D eigenvalue weighted by atomic mass is 32.3. The second-order valence-corrected chi connectivity index (χ2v) is 12.2. The van der Waals surface area contributed by atoms with Crippen molar-refractivity contribution in [3.05, 3.63) is 0 Å². The van der Waals surface area contributed by atoms with Crippen molar-refractivity contribution >= 4 is 18.2 Å². The van der Waals surface area contributed by atoms with E-state index in [0.29, 0.717) is 0 Å². The molecule has 168 valence electrons. The monoisotopic (exact) mass is 414 g/mol. The van der Waals surface area contributed by atoms with Crippen LogP contribution in [0.25, 0.3) is 0 Å². The Balaban J connectivity index is 4.17. The molecule has 0 bridgehead atoms. The van der Waals surface area contributed by atoms with Crippen molar-refractivity contribution < 1.29 is 8.92 Å². The molecule has 0 heterocycles. The number of rotatable bonds is 22. The lowest BCUT2D eigenvalue weighted by molar-refractivity contribution is -0.0790. The topological polar surface area (TPSA) is 18.5 Å². The minimum Gasteiger partial charge on any atom is -0.352 e. The third-order valence-corrected chi connectivity index (χ3v) is 7.31. The normalized spacial score (nSPS) is 13.7. The summed E-state index contributed by atoms with van der Waals surface area (Å²) >= 11 is 0. The van der Waals surface area contributed by atoms with E-state index in [0.717, 1.165) is 25.8 Å². The van der Waals surface area contributed by atoms with Gasteiger partial charge in [0, 0.05) is 6.61 Å². The molecular weight excluding hydrogens is 363 g/mol. The predicted octanol–water partition coefficient (Wildman–Crippen LogP) is 8.19. The number of unbranched alkanes of at least 4 members (excludes halogenated alkanes) is 12. The first kappa shape index (κ1) is 28.3. The van der Waals surface area contributed by atoms with E-state index >= 15 is 0 Å². The molecule has 0 N–H and O–H groups in total. The molecule has 0 aliphatic carbocycles. The Morgan fingerprint density at radius 1 is 0.679 bits per heavy atom. The molecule has 0 fully saturated rings. The van der Waals surface area contributed by atoms with Crippen LogP contribution in [0.2, 0.25) is 6.32 Å². The molecule has 0 rings (SSSR count). The maximum atomic E-state index is 6.53. The first-order chi connectivity index (χ1) is 13.6. The minimum atomic E-state index is -1.03. The fraction of sp³-hybridized carbons (Fsp3) is 1.00. The van der Waals surface area contributed by atoms with Crippen LogP contribution in [0.3, 0.4) is 0 Å². The van der Waals surface area contributed by atoms with E-state index in [1.54, 1.807) is 0 Å². The van der Waals surface area contributed by atoms with Crippen molar-refractivity contribution in [2.24, 2.45) is 0 Å². The standard InChI is InChI=1S/C24H51BO2S/c1-5-7-9-11-14-18-22-26-24(20-16-12-10-8-6-2)27-28(3,4)23-19-15-13-17-21-25/h24H,5-23H2,1-4H3. The van der Waals surface area contributed by atoms with Gasteiger partial charge in [-0.1, -0.05) is 97.2 Å². The molecule has 4 heteroatoms. The molecule has 0 saturated carbocycles. The van der Waals surface area contributed by atoms with Gasteiger partial charge in [0.15, 0.2) is 6.29 Å². The van der Waals surface area contributed by atoms with Crippen LogP contribution in [0.1, 0.15) is 117 Å². The van der Waals surface area contributed by atoms with Crippen LogP contribution in [0, 0.1) is 0 Å². The van der Waals surface area contributed by atoms with Crippen LogP contribution in [-0.4, -0.2) is 39.0 Å². The van der Waals surface area contributed by atoms with Crippen LogP contribution < -0.4 is 0 Å². The summed E-state index contributed by atoms with van der Waals surface area (Å²) in [6.45, 7) is 5.40. The predicted molar refractivity (Wildman–Crippen MR) is 131 cm³/mol. The van der Waals surface area contributed by atoms with E-state index in [9.17, 15) is 0 Å². The molecular formula is C24H51BO2S. The summed E-state index contributed by atoms with van der Waals surface area (Å²) in [5, 5.41) is 0. The number of hydrogen-bond acceptors (Lipinski definition) is 2. The zero-order chi connectivity index (χ0) is 20.9. The third kappa shape index (κ3) is 19.6. The lowest BCUT2D eigenvalue weighted by Crippen LogP contribution is -2.21.